The monoisotopic (exact) mass is 415 g/mol. The summed E-state index contributed by atoms with van der Waals surface area (Å²) in [5.41, 5.74) is 0.440. The van der Waals surface area contributed by atoms with Gasteiger partial charge >= 0.3 is 6.18 Å². The lowest BCUT2D eigenvalue weighted by Gasteiger charge is -2.11. The van der Waals surface area contributed by atoms with Gasteiger partial charge in [-0.1, -0.05) is 23.4 Å². The molecule has 142 valence electrons. The van der Waals surface area contributed by atoms with Gasteiger partial charge < -0.3 is 9.47 Å². The molecule has 0 N–H and O–H groups in total. The van der Waals surface area contributed by atoms with Gasteiger partial charge in [-0.15, -0.1) is 10.2 Å². The zero-order chi connectivity index (χ0) is 19.0. The first-order chi connectivity index (χ1) is 12.9. The van der Waals surface area contributed by atoms with Gasteiger partial charge in [-0.25, -0.2) is 0 Å². The van der Waals surface area contributed by atoms with Gasteiger partial charge in [0, 0.05) is 18.4 Å². The number of benzene rings is 1. The molecule has 3 heterocycles. The van der Waals surface area contributed by atoms with Gasteiger partial charge in [0.15, 0.2) is 22.3 Å². The molecule has 0 amide bonds. The fourth-order valence-electron chi connectivity index (χ4n) is 2.65. The molecule has 5 nitrogen and oxygen atoms in total. The van der Waals surface area contributed by atoms with Crippen LogP contribution in [0.3, 0.4) is 0 Å². The SMILES string of the molecule is FC(F)(F)c1ccc2nnc(SCc3cc(Cl)c4c(c3)OCCCO4)n2c1. The number of thioether (sulfide) groups is 1. The quantitative estimate of drug-likeness (QED) is 0.572. The highest BCUT2D eigenvalue weighted by Gasteiger charge is 2.31. The van der Waals surface area contributed by atoms with Crippen LogP contribution in [0, 0.1) is 0 Å². The van der Waals surface area contributed by atoms with Crippen LogP contribution in [-0.2, 0) is 11.9 Å². The second kappa shape index (κ2) is 7.12. The van der Waals surface area contributed by atoms with Gasteiger partial charge in [-0.2, -0.15) is 13.2 Å². The molecule has 3 aromatic rings. The van der Waals surface area contributed by atoms with Crippen molar-refractivity contribution in [2.45, 2.75) is 23.5 Å². The Bertz CT molecular complexity index is 993. The molecule has 0 bridgehead atoms. The molecule has 2 aromatic heterocycles. The minimum Gasteiger partial charge on any atom is -0.489 e. The number of fused-ring (bicyclic) bond motifs is 2. The molecule has 0 saturated heterocycles. The highest BCUT2D eigenvalue weighted by atomic mass is 35.5. The summed E-state index contributed by atoms with van der Waals surface area (Å²) in [6, 6.07) is 5.86. The fourth-order valence-corrected chi connectivity index (χ4v) is 3.79. The normalized spacial score (nSPS) is 14.4. The molecule has 10 heteroatoms. The number of hydrogen-bond acceptors (Lipinski definition) is 5. The van der Waals surface area contributed by atoms with E-state index < -0.39 is 11.7 Å². The van der Waals surface area contributed by atoms with Crippen LogP contribution in [0.4, 0.5) is 13.2 Å². The van der Waals surface area contributed by atoms with E-state index in [1.807, 2.05) is 6.07 Å². The molecule has 1 aliphatic rings. The number of hydrogen-bond donors (Lipinski definition) is 0. The van der Waals surface area contributed by atoms with Crippen LogP contribution in [0.5, 0.6) is 11.5 Å². The molecule has 0 saturated carbocycles. The predicted molar refractivity (Wildman–Crippen MR) is 94.6 cm³/mol. The second-order valence-electron chi connectivity index (χ2n) is 5.87. The van der Waals surface area contributed by atoms with Crippen molar-refractivity contribution in [3.05, 3.63) is 46.6 Å². The molecular weight excluding hydrogens is 403 g/mol. The van der Waals surface area contributed by atoms with E-state index in [2.05, 4.69) is 10.2 Å². The highest BCUT2D eigenvalue weighted by Crippen LogP contribution is 2.39. The van der Waals surface area contributed by atoms with E-state index in [0.717, 1.165) is 24.2 Å². The van der Waals surface area contributed by atoms with E-state index in [1.165, 1.54) is 22.2 Å². The number of rotatable bonds is 3. The molecule has 0 fully saturated rings. The first-order valence-corrected chi connectivity index (χ1v) is 9.41. The summed E-state index contributed by atoms with van der Waals surface area (Å²) in [6.07, 6.45) is -2.66. The smallest absolute Gasteiger partial charge is 0.417 e. The lowest BCUT2D eigenvalue weighted by Crippen LogP contribution is -2.06. The first-order valence-electron chi connectivity index (χ1n) is 8.04. The Hall–Kier alpha value is -2.13. The van der Waals surface area contributed by atoms with Gasteiger partial charge in [0.05, 0.1) is 23.8 Å². The average molecular weight is 416 g/mol. The van der Waals surface area contributed by atoms with Gasteiger partial charge in [0.1, 0.15) is 0 Å². The van der Waals surface area contributed by atoms with Crippen LogP contribution >= 0.6 is 23.4 Å². The van der Waals surface area contributed by atoms with Crippen LogP contribution < -0.4 is 9.47 Å². The number of pyridine rings is 1. The maximum atomic E-state index is 12.9. The summed E-state index contributed by atoms with van der Waals surface area (Å²) in [4.78, 5) is 0. The van der Waals surface area contributed by atoms with Crippen molar-refractivity contribution in [3.63, 3.8) is 0 Å². The van der Waals surface area contributed by atoms with Gasteiger partial charge in [0.25, 0.3) is 0 Å². The fraction of sp³-hybridized carbons (Fsp3) is 0.294. The van der Waals surface area contributed by atoms with E-state index in [-0.39, 0.29) is 0 Å². The van der Waals surface area contributed by atoms with Crippen molar-refractivity contribution < 1.29 is 22.6 Å². The second-order valence-corrected chi connectivity index (χ2v) is 7.22. The standard InChI is InChI=1S/C17H13ClF3N3O2S/c18-12-6-10(7-13-15(12)26-5-1-4-25-13)9-27-16-23-22-14-3-2-11(8-24(14)16)17(19,20)21/h2-3,6-8H,1,4-5,9H2. The Morgan fingerprint density at radius 3 is 2.78 bits per heavy atom. The maximum Gasteiger partial charge on any atom is 0.417 e. The number of aromatic nitrogens is 3. The van der Waals surface area contributed by atoms with Crippen molar-refractivity contribution >= 4 is 29.0 Å². The Balaban J connectivity index is 1.59. The Morgan fingerprint density at radius 1 is 1.15 bits per heavy atom. The molecule has 4 rings (SSSR count). The third kappa shape index (κ3) is 3.79. The zero-order valence-electron chi connectivity index (χ0n) is 13.8. The minimum absolute atomic E-state index is 0.349. The predicted octanol–water partition coefficient (Wildman–Crippen LogP) is 4.86. The summed E-state index contributed by atoms with van der Waals surface area (Å²) in [7, 11) is 0. The Morgan fingerprint density at radius 2 is 1.96 bits per heavy atom. The molecule has 0 radical (unpaired) electrons. The average Bonchev–Trinajstić information content (AvgIpc) is 2.87. The number of halogens is 4. The van der Waals surface area contributed by atoms with E-state index in [9.17, 15) is 13.2 Å². The molecular formula is C17H13ClF3N3O2S. The molecule has 0 spiro atoms. The van der Waals surface area contributed by atoms with Crippen molar-refractivity contribution in [1.82, 2.24) is 14.6 Å². The van der Waals surface area contributed by atoms with Crippen LogP contribution in [0.25, 0.3) is 5.65 Å². The van der Waals surface area contributed by atoms with E-state index in [1.54, 1.807) is 6.07 Å². The number of ether oxygens (including phenoxy) is 2. The molecule has 0 unspecified atom stereocenters. The van der Waals surface area contributed by atoms with Gasteiger partial charge in [-0.3, -0.25) is 4.40 Å². The summed E-state index contributed by atoms with van der Waals surface area (Å²) < 4.78 is 51.4. The zero-order valence-corrected chi connectivity index (χ0v) is 15.4. The van der Waals surface area contributed by atoms with Crippen molar-refractivity contribution in [3.8, 4) is 11.5 Å². The summed E-state index contributed by atoms with van der Waals surface area (Å²) in [5.74, 6) is 1.53. The van der Waals surface area contributed by atoms with E-state index in [4.69, 9.17) is 21.1 Å². The summed E-state index contributed by atoms with van der Waals surface area (Å²) in [5, 5.41) is 8.69. The molecule has 0 aliphatic carbocycles. The minimum atomic E-state index is -4.43. The largest absolute Gasteiger partial charge is 0.489 e. The molecule has 0 atom stereocenters. The Labute approximate surface area is 161 Å². The molecule has 1 aromatic carbocycles. The number of nitrogens with zero attached hydrogens (tertiary/aromatic N) is 3. The van der Waals surface area contributed by atoms with Gasteiger partial charge in [-0.05, 0) is 29.8 Å². The number of alkyl halides is 3. The lowest BCUT2D eigenvalue weighted by atomic mass is 10.2. The topological polar surface area (TPSA) is 48.7 Å². The summed E-state index contributed by atoms with van der Waals surface area (Å²) in [6.45, 7) is 1.07. The molecule has 27 heavy (non-hydrogen) atoms. The lowest BCUT2D eigenvalue weighted by molar-refractivity contribution is -0.137. The van der Waals surface area contributed by atoms with Crippen LogP contribution in [-0.4, -0.2) is 27.8 Å². The van der Waals surface area contributed by atoms with Crippen LogP contribution in [0.15, 0.2) is 35.6 Å². The van der Waals surface area contributed by atoms with E-state index >= 15 is 0 Å². The Kier molecular flexibility index (Phi) is 4.81. The van der Waals surface area contributed by atoms with Gasteiger partial charge in [0.2, 0.25) is 0 Å². The van der Waals surface area contributed by atoms with Crippen LogP contribution in [0.1, 0.15) is 17.5 Å². The first kappa shape index (κ1) is 18.2. The summed E-state index contributed by atoms with van der Waals surface area (Å²) >= 11 is 7.53. The molecule has 1 aliphatic heterocycles. The third-order valence-electron chi connectivity index (χ3n) is 3.93. The third-order valence-corrected chi connectivity index (χ3v) is 5.22. The van der Waals surface area contributed by atoms with Crippen LogP contribution in [0.2, 0.25) is 5.02 Å². The van der Waals surface area contributed by atoms with E-state index in [0.29, 0.717) is 46.3 Å². The van der Waals surface area contributed by atoms with Crippen molar-refractivity contribution in [1.29, 1.82) is 0 Å². The van der Waals surface area contributed by atoms with Crippen molar-refractivity contribution in [2.75, 3.05) is 13.2 Å². The van der Waals surface area contributed by atoms with Crippen molar-refractivity contribution in [2.24, 2.45) is 0 Å². The highest BCUT2D eigenvalue weighted by molar-refractivity contribution is 7.98. The maximum absolute atomic E-state index is 12.9.